The van der Waals surface area contributed by atoms with Gasteiger partial charge in [-0.05, 0) is 19.3 Å². The van der Waals surface area contributed by atoms with E-state index in [1.54, 1.807) is 0 Å². The first-order valence-corrected chi connectivity index (χ1v) is 8.67. The van der Waals surface area contributed by atoms with Gasteiger partial charge in [0.1, 0.15) is 0 Å². The summed E-state index contributed by atoms with van der Waals surface area (Å²) in [5.74, 6) is 1.44. The molecule has 0 spiro atoms. The van der Waals surface area contributed by atoms with Crippen molar-refractivity contribution in [1.29, 1.82) is 0 Å². The molecule has 0 saturated carbocycles. The van der Waals surface area contributed by atoms with E-state index in [4.69, 9.17) is 11.5 Å². The van der Waals surface area contributed by atoms with Crippen LogP contribution in [0.25, 0.3) is 0 Å². The molecule has 0 radical (unpaired) electrons. The van der Waals surface area contributed by atoms with Crippen LogP contribution in [0.4, 0.5) is 0 Å². The van der Waals surface area contributed by atoms with Crippen molar-refractivity contribution < 1.29 is 4.79 Å². The number of halogens is 1. The number of guanidine groups is 1. The standard InChI is InChI=1S/C11H22N4OS2.ClH/c12-11(13)15-7-6-14-10(16)4-2-1-3-9-5-8-17-18-9;/h9H,1-8H2,(H,14,16)(H4,12,13,15);1H. The molecule has 19 heavy (non-hydrogen) atoms. The minimum atomic E-state index is 0. The summed E-state index contributed by atoms with van der Waals surface area (Å²) in [5.41, 5.74) is 10.4. The molecule has 5 nitrogen and oxygen atoms in total. The van der Waals surface area contributed by atoms with Crippen LogP contribution in [0.2, 0.25) is 0 Å². The van der Waals surface area contributed by atoms with Gasteiger partial charge in [-0.3, -0.25) is 9.79 Å². The molecule has 0 aromatic rings. The molecule has 1 heterocycles. The Morgan fingerprint density at radius 2 is 2.16 bits per heavy atom. The first-order chi connectivity index (χ1) is 8.68. The summed E-state index contributed by atoms with van der Waals surface area (Å²) >= 11 is 0. The maximum atomic E-state index is 11.5. The fraction of sp³-hybridized carbons (Fsp3) is 0.818. The third kappa shape index (κ3) is 10.2. The van der Waals surface area contributed by atoms with E-state index in [2.05, 4.69) is 10.3 Å². The lowest BCUT2D eigenvalue weighted by molar-refractivity contribution is -0.121. The second-order valence-corrected chi connectivity index (χ2v) is 7.02. The number of carbonyl (C=O) groups excluding carboxylic acids is 1. The second-order valence-electron chi connectivity index (χ2n) is 4.23. The number of hydrogen-bond acceptors (Lipinski definition) is 4. The smallest absolute Gasteiger partial charge is 0.220 e. The second kappa shape index (κ2) is 11.5. The van der Waals surface area contributed by atoms with Crippen LogP contribution in [0, 0.1) is 0 Å². The zero-order valence-electron chi connectivity index (χ0n) is 11.0. The summed E-state index contributed by atoms with van der Waals surface area (Å²) in [6.07, 6.45) is 5.26. The Hall–Kier alpha value is -0.270. The van der Waals surface area contributed by atoms with E-state index in [0.717, 1.165) is 18.1 Å². The van der Waals surface area contributed by atoms with Crippen molar-refractivity contribution in [3.05, 3.63) is 0 Å². The maximum Gasteiger partial charge on any atom is 0.220 e. The van der Waals surface area contributed by atoms with Crippen LogP contribution < -0.4 is 16.8 Å². The molecular weight excluding hydrogens is 304 g/mol. The third-order valence-electron chi connectivity index (χ3n) is 2.64. The van der Waals surface area contributed by atoms with Crippen LogP contribution in [0.15, 0.2) is 4.99 Å². The van der Waals surface area contributed by atoms with Crippen molar-refractivity contribution in [2.24, 2.45) is 16.5 Å². The molecule has 0 bridgehead atoms. The average Bonchev–Trinajstić information content (AvgIpc) is 2.83. The van der Waals surface area contributed by atoms with Gasteiger partial charge in [0.2, 0.25) is 5.91 Å². The number of nitrogens with one attached hydrogen (secondary N) is 1. The molecular formula is C11H23ClN4OS2. The lowest BCUT2D eigenvalue weighted by Gasteiger charge is -2.07. The van der Waals surface area contributed by atoms with Gasteiger partial charge in [0.15, 0.2) is 5.96 Å². The number of nitrogens with two attached hydrogens (primary N) is 2. The van der Waals surface area contributed by atoms with Crippen molar-refractivity contribution in [1.82, 2.24) is 5.32 Å². The Bertz CT molecular complexity index is 282. The van der Waals surface area contributed by atoms with Gasteiger partial charge < -0.3 is 16.8 Å². The molecule has 1 aliphatic rings. The Labute approximate surface area is 128 Å². The first-order valence-electron chi connectivity index (χ1n) is 6.29. The quantitative estimate of drug-likeness (QED) is 0.272. The van der Waals surface area contributed by atoms with E-state index in [1.165, 1.54) is 18.6 Å². The molecule has 5 N–H and O–H groups in total. The SMILES string of the molecule is Cl.NC(N)=NCCNC(=O)CCCCC1CCSS1. The lowest BCUT2D eigenvalue weighted by Crippen LogP contribution is -2.28. The Balaban J connectivity index is 0.00000324. The van der Waals surface area contributed by atoms with E-state index < -0.39 is 0 Å². The monoisotopic (exact) mass is 326 g/mol. The molecule has 1 saturated heterocycles. The van der Waals surface area contributed by atoms with E-state index >= 15 is 0 Å². The molecule has 1 fully saturated rings. The Morgan fingerprint density at radius 1 is 1.37 bits per heavy atom. The van der Waals surface area contributed by atoms with Gasteiger partial charge in [0.25, 0.3) is 0 Å². The van der Waals surface area contributed by atoms with Crippen LogP contribution in [0.3, 0.4) is 0 Å². The summed E-state index contributed by atoms with van der Waals surface area (Å²) in [4.78, 5) is 15.3. The largest absolute Gasteiger partial charge is 0.370 e. The zero-order valence-corrected chi connectivity index (χ0v) is 13.4. The number of nitrogens with zero attached hydrogens (tertiary/aromatic N) is 1. The number of aliphatic imine (C=N–C) groups is 1. The Kier molecular flexibility index (Phi) is 11.4. The van der Waals surface area contributed by atoms with Gasteiger partial charge in [-0.15, -0.1) is 12.4 Å². The van der Waals surface area contributed by atoms with Gasteiger partial charge in [-0.2, -0.15) is 0 Å². The third-order valence-corrected chi connectivity index (χ3v) is 5.64. The van der Waals surface area contributed by atoms with Gasteiger partial charge in [-0.25, -0.2) is 0 Å². The highest BCUT2D eigenvalue weighted by Gasteiger charge is 2.15. The maximum absolute atomic E-state index is 11.5. The molecule has 1 aliphatic heterocycles. The van der Waals surface area contributed by atoms with Crippen LogP contribution in [0.1, 0.15) is 32.1 Å². The highest BCUT2D eigenvalue weighted by Crippen LogP contribution is 2.39. The number of hydrogen-bond donors (Lipinski definition) is 3. The molecule has 1 amide bonds. The fourth-order valence-electron chi connectivity index (χ4n) is 1.69. The minimum absolute atomic E-state index is 0. The topological polar surface area (TPSA) is 93.5 Å². The van der Waals surface area contributed by atoms with Crippen LogP contribution in [-0.2, 0) is 4.79 Å². The van der Waals surface area contributed by atoms with Crippen molar-refractivity contribution >= 4 is 45.9 Å². The summed E-state index contributed by atoms with van der Waals surface area (Å²) < 4.78 is 0. The minimum Gasteiger partial charge on any atom is -0.370 e. The highest BCUT2D eigenvalue weighted by molar-refractivity contribution is 8.77. The van der Waals surface area contributed by atoms with Gasteiger partial charge in [0.05, 0.1) is 6.54 Å². The molecule has 1 rings (SSSR count). The molecule has 0 aliphatic carbocycles. The summed E-state index contributed by atoms with van der Waals surface area (Å²) in [5, 5.41) is 3.61. The molecule has 1 unspecified atom stereocenters. The summed E-state index contributed by atoms with van der Waals surface area (Å²) in [6.45, 7) is 0.954. The van der Waals surface area contributed by atoms with Crippen molar-refractivity contribution in [2.45, 2.75) is 37.4 Å². The van der Waals surface area contributed by atoms with Crippen LogP contribution in [0.5, 0.6) is 0 Å². The number of rotatable bonds is 8. The van der Waals surface area contributed by atoms with E-state index in [-0.39, 0.29) is 24.3 Å². The van der Waals surface area contributed by atoms with E-state index in [9.17, 15) is 4.79 Å². The van der Waals surface area contributed by atoms with Gasteiger partial charge >= 0.3 is 0 Å². The first kappa shape index (κ1) is 18.7. The zero-order chi connectivity index (χ0) is 13.2. The van der Waals surface area contributed by atoms with Crippen LogP contribution >= 0.6 is 34.0 Å². The molecule has 112 valence electrons. The van der Waals surface area contributed by atoms with Crippen molar-refractivity contribution in [3.63, 3.8) is 0 Å². The summed E-state index contributed by atoms with van der Waals surface area (Å²) in [6, 6.07) is 0. The number of unbranched alkanes of at least 4 members (excludes halogenated alkanes) is 1. The average molecular weight is 327 g/mol. The molecule has 0 aromatic carbocycles. The van der Waals surface area contributed by atoms with Gasteiger partial charge in [-0.1, -0.05) is 28.0 Å². The van der Waals surface area contributed by atoms with Crippen molar-refractivity contribution in [3.8, 4) is 0 Å². The lowest BCUT2D eigenvalue weighted by atomic mass is 10.1. The predicted octanol–water partition coefficient (Wildman–Crippen LogP) is 1.51. The van der Waals surface area contributed by atoms with E-state index in [1.807, 2.05) is 21.6 Å². The normalized spacial score (nSPS) is 17.6. The Morgan fingerprint density at radius 3 is 2.79 bits per heavy atom. The molecule has 8 heteroatoms. The fourth-order valence-corrected chi connectivity index (χ4v) is 4.72. The highest BCUT2D eigenvalue weighted by atomic mass is 35.5. The summed E-state index contributed by atoms with van der Waals surface area (Å²) in [7, 11) is 3.97. The predicted molar refractivity (Wildman–Crippen MR) is 87.9 cm³/mol. The number of amides is 1. The molecule has 0 aromatic heterocycles. The van der Waals surface area contributed by atoms with Crippen LogP contribution in [-0.4, -0.2) is 36.0 Å². The number of carbonyl (C=O) groups is 1. The van der Waals surface area contributed by atoms with Crippen molar-refractivity contribution in [2.75, 3.05) is 18.8 Å². The van der Waals surface area contributed by atoms with Gasteiger partial charge in [0, 0.05) is 24.0 Å². The molecule has 1 atom stereocenters. The van der Waals surface area contributed by atoms with E-state index in [0.29, 0.717) is 19.5 Å².